The van der Waals surface area contributed by atoms with Gasteiger partial charge in [0, 0.05) is 10.8 Å². The minimum Gasteiger partial charge on any atom is -0.284 e. The molecule has 10 heteroatoms. The van der Waals surface area contributed by atoms with E-state index in [1.165, 1.54) is 0 Å². The first kappa shape index (κ1) is 15.3. The lowest BCUT2D eigenvalue weighted by molar-refractivity contribution is 0.471. The van der Waals surface area contributed by atoms with Crippen LogP contribution in [0.4, 0.5) is 0 Å². The molecule has 16 heavy (non-hydrogen) atoms. The fourth-order valence-electron chi connectivity index (χ4n) is 0.758. The first-order valence-corrected chi connectivity index (χ1v) is 8.12. The van der Waals surface area contributed by atoms with Crippen LogP contribution in [0.2, 0.25) is 0 Å². The van der Waals surface area contributed by atoms with Crippen LogP contribution in [0.25, 0.3) is 0 Å². The number of hydrogen-bond donors (Lipinski definition) is 1. The Morgan fingerprint density at radius 3 is 1.31 bits per heavy atom. The maximum atomic E-state index is 11.4. The zero-order valence-electron chi connectivity index (χ0n) is 8.19. The summed E-state index contributed by atoms with van der Waals surface area (Å²) in [6.07, 6.45) is 0. The van der Waals surface area contributed by atoms with E-state index in [0.29, 0.717) is 6.92 Å². The zero-order valence-corrected chi connectivity index (χ0v) is 10.6. The maximum absolute atomic E-state index is 11.4. The highest BCUT2D eigenvalue weighted by molar-refractivity contribution is 8.26. The second kappa shape index (κ2) is 3.95. The Morgan fingerprint density at radius 1 is 0.938 bits per heavy atom. The molecule has 7 nitrogen and oxygen atoms in total. The fourth-order valence-corrected chi connectivity index (χ4v) is 5.82. The summed E-state index contributed by atoms with van der Waals surface area (Å²) in [5.74, 6) is 0. The minimum atomic E-state index is -5.42. The summed E-state index contributed by atoms with van der Waals surface area (Å²) in [5.41, 5.74) is 0. The lowest BCUT2D eigenvalue weighted by Crippen LogP contribution is -2.48. The van der Waals surface area contributed by atoms with Crippen molar-refractivity contribution in [1.29, 1.82) is 0 Å². The standard InChI is InChI=1S/C6H10O7S3/c1-4-14(7,8)6(3,16(11,12)13)15(9,10)5-2/h4-5H,1-2H2,3H3,(H,11,12,13). The first-order chi connectivity index (χ1) is 6.87. The van der Waals surface area contributed by atoms with Gasteiger partial charge in [0.25, 0.3) is 0 Å². The van der Waals surface area contributed by atoms with Gasteiger partial charge in [-0.1, -0.05) is 13.2 Å². The summed E-state index contributed by atoms with van der Waals surface area (Å²) >= 11 is 0. The van der Waals surface area contributed by atoms with Crippen LogP contribution in [0.5, 0.6) is 0 Å². The molecule has 94 valence electrons. The minimum absolute atomic E-state index is 0.141. The SMILES string of the molecule is C=CS(=O)(=O)C(C)(S(=O)(=O)O)S(=O)(=O)C=C. The van der Waals surface area contributed by atoms with Crippen LogP contribution < -0.4 is 0 Å². The fraction of sp³-hybridized carbons (Fsp3) is 0.333. The van der Waals surface area contributed by atoms with Gasteiger partial charge in [0.15, 0.2) is 0 Å². The molecule has 0 aliphatic carbocycles. The average Bonchev–Trinajstić information content (AvgIpc) is 2.14. The number of sulfone groups is 2. The quantitative estimate of drug-likeness (QED) is 0.687. The number of rotatable bonds is 5. The van der Waals surface area contributed by atoms with Gasteiger partial charge in [0.2, 0.25) is 19.7 Å². The van der Waals surface area contributed by atoms with Crippen LogP contribution in [0.3, 0.4) is 0 Å². The Morgan fingerprint density at radius 2 is 1.19 bits per heavy atom. The second-order valence-corrected chi connectivity index (χ2v) is 9.78. The predicted molar refractivity (Wildman–Crippen MR) is 58.2 cm³/mol. The Balaban J connectivity index is 6.70. The van der Waals surface area contributed by atoms with Crippen molar-refractivity contribution >= 4 is 29.8 Å². The van der Waals surface area contributed by atoms with Crippen LogP contribution in [0, 0.1) is 0 Å². The predicted octanol–water partition coefficient (Wildman–Crippen LogP) is -0.335. The van der Waals surface area contributed by atoms with E-state index >= 15 is 0 Å². The molecule has 0 aliphatic rings. The van der Waals surface area contributed by atoms with Gasteiger partial charge in [-0.05, 0) is 6.92 Å². The molecule has 0 unspecified atom stereocenters. The van der Waals surface area contributed by atoms with E-state index in [0.717, 1.165) is 0 Å². The van der Waals surface area contributed by atoms with Crippen LogP contribution in [-0.2, 0) is 29.8 Å². The van der Waals surface area contributed by atoms with E-state index in [1.807, 2.05) is 0 Å². The van der Waals surface area contributed by atoms with Gasteiger partial charge >= 0.3 is 13.5 Å². The van der Waals surface area contributed by atoms with Gasteiger partial charge in [-0.3, -0.25) is 4.55 Å². The van der Waals surface area contributed by atoms with Gasteiger partial charge in [0.1, 0.15) is 0 Å². The van der Waals surface area contributed by atoms with Crippen molar-refractivity contribution in [2.75, 3.05) is 0 Å². The second-order valence-electron chi connectivity index (χ2n) is 2.76. The first-order valence-electron chi connectivity index (χ1n) is 3.58. The van der Waals surface area contributed by atoms with Crippen molar-refractivity contribution in [3.05, 3.63) is 24.0 Å². The highest BCUT2D eigenvalue weighted by atomic mass is 32.3. The highest BCUT2D eigenvalue weighted by Crippen LogP contribution is 2.32. The average molecular weight is 290 g/mol. The van der Waals surface area contributed by atoms with E-state index in [9.17, 15) is 25.3 Å². The molecule has 0 saturated heterocycles. The lowest BCUT2D eigenvalue weighted by Gasteiger charge is -2.22. The Bertz CT molecular complexity index is 567. The van der Waals surface area contributed by atoms with Crippen molar-refractivity contribution < 1.29 is 29.8 Å². The molecule has 0 rings (SSSR count). The smallest absolute Gasteiger partial charge is 0.284 e. The third-order valence-corrected chi connectivity index (χ3v) is 9.87. The molecule has 0 heterocycles. The summed E-state index contributed by atoms with van der Waals surface area (Å²) in [6.45, 7) is 5.94. The van der Waals surface area contributed by atoms with Gasteiger partial charge in [-0.25, -0.2) is 16.8 Å². The topological polar surface area (TPSA) is 123 Å². The molecule has 0 atom stereocenters. The van der Waals surface area contributed by atoms with Crippen LogP contribution in [-0.4, -0.2) is 33.2 Å². The van der Waals surface area contributed by atoms with Crippen molar-refractivity contribution in [2.24, 2.45) is 0 Å². The molecule has 0 saturated carbocycles. The van der Waals surface area contributed by atoms with Crippen molar-refractivity contribution in [3.8, 4) is 0 Å². The molecule has 0 aromatic carbocycles. The maximum Gasteiger partial charge on any atom is 0.301 e. The zero-order chi connectivity index (χ0) is 13.4. The molecule has 1 N–H and O–H groups in total. The van der Waals surface area contributed by atoms with Crippen LogP contribution >= 0.6 is 0 Å². The summed E-state index contributed by atoms with van der Waals surface area (Å²) < 4.78 is 72.8. The molecule has 0 aromatic rings. The third kappa shape index (κ3) is 1.93. The molecule has 0 aliphatic heterocycles. The van der Waals surface area contributed by atoms with Gasteiger partial charge < -0.3 is 0 Å². The summed E-state index contributed by atoms with van der Waals surface area (Å²) in [5, 5.41) is 0.281. The summed E-state index contributed by atoms with van der Waals surface area (Å²) in [6, 6.07) is 0. The Labute approximate surface area is 94.1 Å². The van der Waals surface area contributed by atoms with Gasteiger partial charge in [0.05, 0.1) is 0 Å². The molecule has 0 bridgehead atoms. The lowest BCUT2D eigenvalue weighted by atomic mass is 10.9. The van der Waals surface area contributed by atoms with Crippen LogP contribution in [0.15, 0.2) is 24.0 Å². The van der Waals surface area contributed by atoms with E-state index in [1.54, 1.807) is 0 Å². The molecule has 0 amide bonds. The molecule has 0 aromatic heterocycles. The Kier molecular flexibility index (Phi) is 3.77. The van der Waals surface area contributed by atoms with Crippen molar-refractivity contribution in [3.63, 3.8) is 0 Å². The van der Waals surface area contributed by atoms with Crippen molar-refractivity contribution in [2.45, 2.75) is 10.3 Å². The Hall–Kier alpha value is -0.710. The number of hydrogen-bond acceptors (Lipinski definition) is 6. The molecule has 0 radical (unpaired) electrons. The van der Waals surface area contributed by atoms with Crippen molar-refractivity contribution in [1.82, 2.24) is 0 Å². The largest absolute Gasteiger partial charge is 0.301 e. The van der Waals surface area contributed by atoms with Crippen LogP contribution in [0.1, 0.15) is 6.92 Å². The summed E-state index contributed by atoms with van der Waals surface area (Å²) in [4.78, 5) is 0. The van der Waals surface area contributed by atoms with Gasteiger partial charge in [-0.2, -0.15) is 8.42 Å². The third-order valence-electron chi connectivity index (χ3n) is 1.94. The monoisotopic (exact) mass is 290 g/mol. The molecular formula is C6H10O7S3. The molecular weight excluding hydrogens is 280 g/mol. The molecule has 0 fully saturated rings. The van der Waals surface area contributed by atoms with Gasteiger partial charge in [-0.15, -0.1) is 0 Å². The highest BCUT2D eigenvalue weighted by Gasteiger charge is 2.59. The molecule has 0 spiro atoms. The van der Waals surface area contributed by atoms with E-state index in [2.05, 4.69) is 13.2 Å². The van der Waals surface area contributed by atoms with E-state index < -0.39 is 33.2 Å². The normalized spacial score (nSPS) is 14.4. The van der Waals surface area contributed by atoms with E-state index in [-0.39, 0.29) is 10.8 Å². The summed E-state index contributed by atoms with van der Waals surface area (Å²) in [7, 11) is -15.1. The van der Waals surface area contributed by atoms with E-state index in [4.69, 9.17) is 4.55 Å².